The van der Waals surface area contributed by atoms with E-state index >= 15 is 0 Å². The zero-order valence-electron chi connectivity index (χ0n) is 10.5. The molecule has 0 fully saturated rings. The van der Waals surface area contributed by atoms with Crippen molar-refractivity contribution < 1.29 is 0 Å². The molecule has 0 aliphatic heterocycles. The summed E-state index contributed by atoms with van der Waals surface area (Å²) in [6.07, 6.45) is 6.56. The third-order valence-corrected chi connectivity index (χ3v) is 3.83. The normalized spacial score (nSPS) is 10.6. The minimum Gasteiger partial charge on any atom is -0.152 e. The number of hydrogen-bond acceptors (Lipinski definition) is 1. The van der Waals surface area contributed by atoms with E-state index in [1.54, 1.807) is 11.3 Å². The summed E-state index contributed by atoms with van der Waals surface area (Å²) in [5.74, 6) is 0. The first-order valence-corrected chi connectivity index (χ1v) is 7.46. The first-order chi connectivity index (χ1) is 8.42. The summed E-state index contributed by atoms with van der Waals surface area (Å²) in [6, 6.07) is 11.0. The summed E-state index contributed by atoms with van der Waals surface area (Å²) in [6.45, 7) is 2.26. The molecule has 0 bridgehead atoms. The predicted octanol–water partition coefficient (Wildman–Crippen LogP) is 5.54. The second kappa shape index (κ2) is 6.61. The van der Waals surface area contributed by atoms with Crippen LogP contribution >= 0.6 is 11.3 Å². The second-order valence-corrected chi connectivity index (χ2v) is 5.26. The van der Waals surface area contributed by atoms with Gasteiger partial charge in [0.05, 0.1) is 0 Å². The quantitative estimate of drug-likeness (QED) is 0.585. The first-order valence-electron chi connectivity index (χ1n) is 6.52. The Morgan fingerprint density at radius 2 is 1.88 bits per heavy atom. The molecule has 0 spiro atoms. The van der Waals surface area contributed by atoms with Crippen molar-refractivity contribution in [2.45, 2.75) is 39.0 Å². The van der Waals surface area contributed by atoms with Crippen LogP contribution in [0.2, 0.25) is 0 Å². The molecule has 0 unspecified atom stereocenters. The van der Waals surface area contributed by atoms with Crippen LogP contribution in [0.3, 0.4) is 0 Å². The van der Waals surface area contributed by atoms with Gasteiger partial charge in [0, 0.05) is 0 Å². The van der Waals surface area contributed by atoms with Crippen LogP contribution in [0, 0.1) is 0 Å². The maximum absolute atomic E-state index is 2.28. The van der Waals surface area contributed by atoms with Gasteiger partial charge in [0.2, 0.25) is 0 Å². The third kappa shape index (κ3) is 3.44. The van der Waals surface area contributed by atoms with Crippen LogP contribution in [0.5, 0.6) is 0 Å². The molecule has 1 heteroatoms. The molecule has 1 heterocycles. The van der Waals surface area contributed by atoms with E-state index in [2.05, 4.69) is 48.0 Å². The monoisotopic (exact) mass is 244 g/mol. The fourth-order valence-electron chi connectivity index (χ4n) is 2.18. The molecule has 0 aliphatic carbocycles. The number of aryl methyl sites for hydroxylation is 1. The Morgan fingerprint density at radius 1 is 1.00 bits per heavy atom. The molecule has 0 aliphatic rings. The van der Waals surface area contributed by atoms with Gasteiger partial charge in [-0.15, -0.1) is 0 Å². The molecule has 0 saturated carbocycles. The minimum atomic E-state index is 1.21. The molecule has 0 amide bonds. The van der Waals surface area contributed by atoms with Crippen molar-refractivity contribution in [2.75, 3.05) is 0 Å². The Labute approximate surface area is 108 Å². The summed E-state index contributed by atoms with van der Waals surface area (Å²) in [4.78, 5) is 0. The van der Waals surface area contributed by atoms with E-state index in [-0.39, 0.29) is 0 Å². The van der Waals surface area contributed by atoms with Crippen LogP contribution in [0.4, 0.5) is 0 Å². The molecule has 90 valence electrons. The Kier molecular flexibility index (Phi) is 4.81. The summed E-state index contributed by atoms with van der Waals surface area (Å²) in [7, 11) is 0. The van der Waals surface area contributed by atoms with Crippen molar-refractivity contribution >= 4 is 11.3 Å². The number of hydrogen-bond donors (Lipinski definition) is 0. The topological polar surface area (TPSA) is 0 Å². The molecule has 0 radical (unpaired) electrons. The van der Waals surface area contributed by atoms with Gasteiger partial charge in [-0.3, -0.25) is 0 Å². The molecule has 0 N–H and O–H groups in total. The fourth-order valence-corrected chi connectivity index (χ4v) is 2.84. The maximum atomic E-state index is 2.28. The van der Waals surface area contributed by atoms with Gasteiger partial charge in [-0.2, -0.15) is 11.3 Å². The molecule has 1 aromatic carbocycles. The Hall–Kier alpha value is -1.08. The van der Waals surface area contributed by atoms with Crippen LogP contribution in [0.1, 0.15) is 38.2 Å². The lowest BCUT2D eigenvalue weighted by Crippen LogP contribution is -1.89. The smallest absolute Gasteiger partial charge is 0.00146 e. The number of unbranched alkanes of at least 4 members (excludes halogenated alkanes) is 3. The molecule has 0 nitrogen and oxygen atoms in total. The standard InChI is InChI=1S/C16H20S/c1-2-3-4-5-8-14-9-6-7-10-16(14)15-11-12-17-13-15/h6-7,9-13H,2-5,8H2,1H3. The molecule has 17 heavy (non-hydrogen) atoms. The van der Waals surface area contributed by atoms with E-state index in [1.807, 2.05) is 0 Å². The van der Waals surface area contributed by atoms with Gasteiger partial charge in [0.1, 0.15) is 0 Å². The summed E-state index contributed by atoms with van der Waals surface area (Å²) < 4.78 is 0. The van der Waals surface area contributed by atoms with Crippen molar-refractivity contribution in [3.8, 4) is 11.1 Å². The first kappa shape index (κ1) is 12.4. The van der Waals surface area contributed by atoms with Crippen LogP contribution in [-0.2, 0) is 6.42 Å². The highest BCUT2D eigenvalue weighted by Gasteiger charge is 2.04. The number of thiophene rings is 1. The van der Waals surface area contributed by atoms with Gasteiger partial charge >= 0.3 is 0 Å². The SMILES string of the molecule is CCCCCCc1ccccc1-c1ccsc1. The van der Waals surface area contributed by atoms with Crippen molar-refractivity contribution in [1.29, 1.82) is 0 Å². The van der Waals surface area contributed by atoms with Crippen LogP contribution in [0.25, 0.3) is 11.1 Å². The lowest BCUT2D eigenvalue weighted by atomic mass is 9.97. The second-order valence-electron chi connectivity index (χ2n) is 4.48. The lowest BCUT2D eigenvalue weighted by Gasteiger charge is -2.07. The molecule has 0 atom stereocenters. The van der Waals surface area contributed by atoms with E-state index in [0.717, 1.165) is 0 Å². The van der Waals surface area contributed by atoms with Gasteiger partial charge in [0.15, 0.2) is 0 Å². The Bertz CT molecular complexity index is 429. The van der Waals surface area contributed by atoms with Crippen molar-refractivity contribution in [3.63, 3.8) is 0 Å². The third-order valence-electron chi connectivity index (χ3n) is 3.15. The molecule has 2 aromatic rings. The Morgan fingerprint density at radius 3 is 2.65 bits per heavy atom. The molecule has 1 aromatic heterocycles. The van der Waals surface area contributed by atoms with E-state index in [0.29, 0.717) is 0 Å². The highest BCUT2D eigenvalue weighted by Crippen LogP contribution is 2.26. The van der Waals surface area contributed by atoms with Gasteiger partial charge in [-0.1, -0.05) is 50.5 Å². The van der Waals surface area contributed by atoms with E-state index in [4.69, 9.17) is 0 Å². The average Bonchev–Trinajstić information content (AvgIpc) is 2.89. The molecular weight excluding hydrogens is 224 g/mol. The van der Waals surface area contributed by atoms with Gasteiger partial charge in [-0.05, 0) is 46.4 Å². The summed E-state index contributed by atoms with van der Waals surface area (Å²) in [5.41, 5.74) is 4.30. The van der Waals surface area contributed by atoms with E-state index < -0.39 is 0 Å². The molecule has 0 saturated heterocycles. The maximum Gasteiger partial charge on any atom is -0.00146 e. The van der Waals surface area contributed by atoms with Crippen molar-refractivity contribution in [1.82, 2.24) is 0 Å². The highest BCUT2D eigenvalue weighted by molar-refractivity contribution is 7.08. The minimum absolute atomic E-state index is 1.21. The predicted molar refractivity (Wildman–Crippen MR) is 77.6 cm³/mol. The lowest BCUT2D eigenvalue weighted by molar-refractivity contribution is 0.667. The highest BCUT2D eigenvalue weighted by atomic mass is 32.1. The van der Waals surface area contributed by atoms with E-state index in [9.17, 15) is 0 Å². The van der Waals surface area contributed by atoms with Crippen molar-refractivity contribution in [2.24, 2.45) is 0 Å². The van der Waals surface area contributed by atoms with E-state index in [1.165, 1.54) is 48.8 Å². The van der Waals surface area contributed by atoms with Gasteiger partial charge < -0.3 is 0 Å². The van der Waals surface area contributed by atoms with Gasteiger partial charge in [-0.25, -0.2) is 0 Å². The van der Waals surface area contributed by atoms with Crippen LogP contribution in [0.15, 0.2) is 41.1 Å². The summed E-state index contributed by atoms with van der Waals surface area (Å²) >= 11 is 1.78. The molecular formula is C16H20S. The Balaban J connectivity index is 2.06. The number of benzene rings is 1. The van der Waals surface area contributed by atoms with Gasteiger partial charge in [0.25, 0.3) is 0 Å². The van der Waals surface area contributed by atoms with Crippen molar-refractivity contribution in [3.05, 3.63) is 46.7 Å². The zero-order valence-corrected chi connectivity index (χ0v) is 11.3. The summed E-state index contributed by atoms with van der Waals surface area (Å²) in [5, 5.41) is 4.40. The number of rotatable bonds is 6. The molecule has 2 rings (SSSR count). The fraction of sp³-hybridized carbons (Fsp3) is 0.375. The van der Waals surface area contributed by atoms with Crippen LogP contribution in [-0.4, -0.2) is 0 Å². The largest absolute Gasteiger partial charge is 0.152 e. The van der Waals surface area contributed by atoms with Crippen LogP contribution < -0.4 is 0 Å². The average molecular weight is 244 g/mol. The zero-order chi connectivity index (χ0) is 11.9.